The zero-order valence-electron chi connectivity index (χ0n) is 16.5. The summed E-state index contributed by atoms with van der Waals surface area (Å²) in [6, 6.07) is 12.7. The molecular formula is C22H18ClFN4O3. The first-order valence-corrected chi connectivity index (χ1v) is 9.80. The quantitative estimate of drug-likeness (QED) is 0.498. The van der Waals surface area contributed by atoms with Crippen molar-refractivity contribution in [3.8, 4) is 17.0 Å². The number of methoxy groups -OCH3 is 1. The van der Waals surface area contributed by atoms with E-state index in [0.29, 0.717) is 11.2 Å². The molecule has 0 spiro atoms. The summed E-state index contributed by atoms with van der Waals surface area (Å²) >= 11 is 5.91. The molecule has 2 aromatic heterocycles. The highest BCUT2D eigenvalue weighted by Crippen LogP contribution is 2.21. The second kappa shape index (κ2) is 8.61. The van der Waals surface area contributed by atoms with Gasteiger partial charge in [0.15, 0.2) is 0 Å². The van der Waals surface area contributed by atoms with Crippen molar-refractivity contribution in [1.82, 2.24) is 19.5 Å². The predicted octanol–water partition coefficient (Wildman–Crippen LogP) is 3.39. The molecule has 0 radical (unpaired) electrons. The number of halogens is 2. The van der Waals surface area contributed by atoms with Crippen molar-refractivity contribution >= 4 is 23.0 Å². The standard InChI is InChI=1S/C22H18ClFN4O3/c1-31-16-5-2-14(3-6-16)19-13-20-22(30)27(10-11-28(20)26-19)9-8-25-21(29)17-7-4-15(24)12-18(17)23/h2-7,10-13H,8-9H2,1H3,(H,25,29). The van der Waals surface area contributed by atoms with Gasteiger partial charge in [0.2, 0.25) is 0 Å². The Morgan fingerprint density at radius 2 is 1.94 bits per heavy atom. The van der Waals surface area contributed by atoms with E-state index >= 15 is 0 Å². The van der Waals surface area contributed by atoms with Crippen LogP contribution in [0.1, 0.15) is 10.4 Å². The molecule has 9 heteroatoms. The number of nitrogens with zero attached hydrogens (tertiary/aromatic N) is 3. The van der Waals surface area contributed by atoms with Crippen molar-refractivity contribution in [3.05, 3.63) is 87.7 Å². The second-order valence-electron chi connectivity index (χ2n) is 6.76. The van der Waals surface area contributed by atoms with Crippen LogP contribution in [-0.4, -0.2) is 33.7 Å². The molecule has 31 heavy (non-hydrogen) atoms. The lowest BCUT2D eigenvalue weighted by Gasteiger charge is -2.09. The maximum atomic E-state index is 13.1. The SMILES string of the molecule is COc1ccc(-c2cc3c(=O)n(CCNC(=O)c4ccc(F)cc4Cl)ccn3n2)cc1. The highest BCUT2D eigenvalue weighted by molar-refractivity contribution is 6.33. The summed E-state index contributed by atoms with van der Waals surface area (Å²) in [5.41, 5.74) is 1.88. The third-order valence-corrected chi connectivity index (χ3v) is 5.12. The normalized spacial score (nSPS) is 10.9. The number of hydrogen-bond acceptors (Lipinski definition) is 4. The molecule has 0 bridgehead atoms. The Labute approximate surface area is 181 Å². The largest absolute Gasteiger partial charge is 0.497 e. The molecular weight excluding hydrogens is 423 g/mol. The van der Waals surface area contributed by atoms with Crippen LogP contribution in [0, 0.1) is 5.82 Å². The van der Waals surface area contributed by atoms with Crippen LogP contribution in [0.2, 0.25) is 5.02 Å². The lowest BCUT2D eigenvalue weighted by atomic mass is 10.1. The van der Waals surface area contributed by atoms with Gasteiger partial charge in [-0.15, -0.1) is 0 Å². The highest BCUT2D eigenvalue weighted by atomic mass is 35.5. The first-order valence-electron chi connectivity index (χ1n) is 9.43. The van der Waals surface area contributed by atoms with E-state index in [2.05, 4.69) is 10.4 Å². The Kier molecular flexibility index (Phi) is 5.73. The summed E-state index contributed by atoms with van der Waals surface area (Å²) in [5, 5.41) is 7.17. The number of hydrogen-bond donors (Lipinski definition) is 1. The minimum absolute atomic E-state index is 0.0291. The molecule has 7 nitrogen and oxygen atoms in total. The van der Waals surface area contributed by atoms with Crippen molar-refractivity contribution in [1.29, 1.82) is 0 Å². The molecule has 2 heterocycles. The summed E-state index contributed by atoms with van der Waals surface area (Å²) in [7, 11) is 1.60. The van der Waals surface area contributed by atoms with Crippen LogP contribution < -0.4 is 15.6 Å². The van der Waals surface area contributed by atoms with Gasteiger partial charge >= 0.3 is 0 Å². The zero-order valence-corrected chi connectivity index (χ0v) is 17.3. The average molecular weight is 441 g/mol. The first kappa shape index (κ1) is 20.6. The van der Waals surface area contributed by atoms with Gasteiger partial charge in [-0.2, -0.15) is 5.10 Å². The van der Waals surface area contributed by atoms with Crippen molar-refractivity contribution in [2.75, 3.05) is 13.7 Å². The molecule has 1 N–H and O–H groups in total. The van der Waals surface area contributed by atoms with Crippen molar-refractivity contribution < 1.29 is 13.9 Å². The van der Waals surface area contributed by atoms with Crippen LogP contribution in [0.3, 0.4) is 0 Å². The van der Waals surface area contributed by atoms with Crippen molar-refractivity contribution in [3.63, 3.8) is 0 Å². The van der Waals surface area contributed by atoms with Crippen LogP contribution in [0.25, 0.3) is 16.8 Å². The van der Waals surface area contributed by atoms with Gasteiger partial charge in [-0.3, -0.25) is 9.59 Å². The fraction of sp³-hybridized carbons (Fsp3) is 0.136. The van der Waals surface area contributed by atoms with Crippen LogP contribution >= 0.6 is 11.6 Å². The van der Waals surface area contributed by atoms with Gasteiger partial charge < -0.3 is 14.6 Å². The number of fused-ring (bicyclic) bond motifs is 1. The number of carbonyl (C=O) groups is 1. The number of carbonyl (C=O) groups excluding carboxylic acids is 1. The topological polar surface area (TPSA) is 77.6 Å². The Morgan fingerprint density at radius 3 is 2.65 bits per heavy atom. The van der Waals surface area contributed by atoms with E-state index in [4.69, 9.17) is 16.3 Å². The van der Waals surface area contributed by atoms with E-state index in [-0.39, 0.29) is 29.2 Å². The predicted molar refractivity (Wildman–Crippen MR) is 115 cm³/mol. The van der Waals surface area contributed by atoms with Gasteiger partial charge in [0, 0.05) is 31.0 Å². The van der Waals surface area contributed by atoms with Crippen LogP contribution in [-0.2, 0) is 6.54 Å². The van der Waals surface area contributed by atoms with Crippen LogP contribution in [0.15, 0.2) is 65.7 Å². The van der Waals surface area contributed by atoms with Gasteiger partial charge in [0.1, 0.15) is 17.1 Å². The van der Waals surface area contributed by atoms with E-state index in [1.54, 1.807) is 25.6 Å². The van der Waals surface area contributed by atoms with Crippen LogP contribution in [0.4, 0.5) is 4.39 Å². The van der Waals surface area contributed by atoms with Crippen molar-refractivity contribution in [2.24, 2.45) is 0 Å². The molecule has 0 unspecified atom stereocenters. The van der Waals surface area contributed by atoms with Gasteiger partial charge in [0.05, 0.1) is 23.4 Å². The Bertz CT molecular complexity index is 1310. The van der Waals surface area contributed by atoms with E-state index in [1.165, 1.54) is 21.2 Å². The molecule has 2 aromatic carbocycles. The molecule has 0 aliphatic heterocycles. The molecule has 0 fully saturated rings. The smallest absolute Gasteiger partial charge is 0.276 e. The molecule has 0 aliphatic rings. The Balaban J connectivity index is 1.49. The summed E-state index contributed by atoms with van der Waals surface area (Å²) in [6.45, 7) is 0.449. The van der Waals surface area contributed by atoms with E-state index in [1.807, 2.05) is 24.3 Å². The number of rotatable bonds is 6. The summed E-state index contributed by atoms with van der Waals surface area (Å²) < 4.78 is 21.3. The maximum absolute atomic E-state index is 13.1. The summed E-state index contributed by atoms with van der Waals surface area (Å²) in [5.74, 6) is -0.222. The molecule has 0 saturated heterocycles. The van der Waals surface area contributed by atoms with Gasteiger partial charge in [-0.1, -0.05) is 11.6 Å². The monoisotopic (exact) mass is 440 g/mol. The molecule has 1 amide bonds. The van der Waals surface area contributed by atoms with Gasteiger partial charge in [0.25, 0.3) is 11.5 Å². The second-order valence-corrected chi connectivity index (χ2v) is 7.17. The van der Waals surface area contributed by atoms with Crippen LogP contribution in [0.5, 0.6) is 5.75 Å². The minimum atomic E-state index is -0.517. The Morgan fingerprint density at radius 1 is 1.16 bits per heavy atom. The molecule has 0 saturated carbocycles. The first-order chi connectivity index (χ1) is 15.0. The van der Waals surface area contributed by atoms with E-state index < -0.39 is 11.7 Å². The highest BCUT2D eigenvalue weighted by Gasteiger charge is 2.12. The number of aromatic nitrogens is 3. The summed E-state index contributed by atoms with van der Waals surface area (Å²) in [6.07, 6.45) is 3.29. The minimum Gasteiger partial charge on any atom is -0.497 e. The molecule has 4 rings (SSSR count). The lowest BCUT2D eigenvalue weighted by molar-refractivity contribution is 0.0952. The number of benzene rings is 2. The van der Waals surface area contributed by atoms with E-state index in [9.17, 15) is 14.0 Å². The number of nitrogens with one attached hydrogen (secondary N) is 1. The van der Waals surface area contributed by atoms with E-state index in [0.717, 1.165) is 17.4 Å². The lowest BCUT2D eigenvalue weighted by Crippen LogP contribution is -2.31. The molecule has 0 atom stereocenters. The molecule has 158 valence electrons. The van der Waals surface area contributed by atoms with Gasteiger partial charge in [-0.05, 0) is 48.5 Å². The zero-order chi connectivity index (χ0) is 22.0. The Hall–Kier alpha value is -3.65. The fourth-order valence-electron chi connectivity index (χ4n) is 3.16. The average Bonchev–Trinajstić information content (AvgIpc) is 3.20. The molecule has 4 aromatic rings. The number of amides is 1. The fourth-order valence-corrected chi connectivity index (χ4v) is 3.42. The maximum Gasteiger partial charge on any atom is 0.276 e. The van der Waals surface area contributed by atoms with Gasteiger partial charge in [-0.25, -0.2) is 8.91 Å². The third kappa shape index (κ3) is 4.29. The summed E-state index contributed by atoms with van der Waals surface area (Å²) in [4.78, 5) is 25.1. The van der Waals surface area contributed by atoms with Crippen molar-refractivity contribution in [2.45, 2.75) is 6.54 Å². The number of ether oxygens (including phenoxy) is 1. The third-order valence-electron chi connectivity index (χ3n) is 4.80. The molecule has 0 aliphatic carbocycles.